The van der Waals surface area contributed by atoms with Crippen LogP contribution in [0, 0.1) is 36.5 Å². The third-order valence-electron chi connectivity index (χ3n) is 3.48. The summed E-state index contributed by atoms with van der Waals surface area (Å²) in [4.78, 5) is 4.38. The molecule has 0 saturated carbocycles. The van der Waals surface area contributed by atoms with Crippen molar-refractivity contribution in [3.63, 3.8) is 0 Å². The third-order valence-corrected chi connectivity index (χ3v) is 4.60. The van der Waals surface area contributed by atoms with E-state index in [0.717, 1.165) is 16.8 Å². The molecular formula is C19H19N3O2S. The molecule has 0 fully saturated rings. The van der Waals surface area contributed by atoms with E-state index in [-0.39, 0.29) is 6.61 Å². The number of hydrogen-bond acceptors (Lipinski definition) is 6. The van der Waals surface area contributed by atoms with Crippen molar-refractivity contribution < 1.29 is 9.84 Å². The van der Waals surface area contributed by atoms with E-state index in [0.29, 0.717) is 28.5 Å². The lowest BCUT2D eigenvalue weighted by Crippen LogP contribution is -2.20. The molecule has 0 spiro atoms. The number of aryl methyl sites for hydroxylation is 2. The summed E-state index contributed by atoms with van der Waals surface area (Å²) in [6, 6.07) is 13.4. The minimum absolute atomic E-state index is 0.150. The quantitative estimate of drug-likeness (QED) is 0.769. The summed E-state index contributed by atoms with van der Waals surface area (Å²) >= 11 is 1.35. The highest BCUT2D eigenvalue weighted by Gasteiger charge is 2.12. The fourth-order valence-electron chi connectivity index (χ4n) is 2.25. The number of rotatable bonds is 7. The Balaban J connectivity index is 1.88. The number of thioether (sulfide) groups is 1. The van der Waals surface area contributed by atoms with Gasteiger partial charge >= 0.3 is 0 Å². The summed E-state index contributed by atoms with van der Waals surface area (Å²) in [5, 5.41) is 28.7. The van der Waals surface area contributed by atoms with E-state index in [2.05, 4.69) is 17.1 Å². The van der Waals surface area contributed by atoms with E-state index in [1.54, 1.807) is 12.1 Å². The molecule has 6 heteroatoms. The zero-order chi connectivity index (χ0) is 18.2. The van der Waals surface area contributed by atoms with Gasteiger partial charge in [-0.25, -0.2) is 4.98 Å². The van der Waals surface area contributed by atoms with Gasteiger partial charge in [-0.2, -0.15) is 10.5 Å². The number of aromatic nitrogens is 1. The Bertz CT molecular complexity index is 807. The van der Waals surface area contributed by atoms with Gasteiger partial charge in [-0.15, -0.1) is 11.8 Å². The lowest BCUT2D eigenvalue weighted by atomic mass is 10.1. The predicted octanol–water partition coefficient (Wildman–Crippen LogP) is 3.17. The number of benzene rings is 1. The van der Waals surface area contributed by atoms with Crippen LogP contribution in [0.1, 0.15) is 22.4 Å². The largest absolute Gasteiger partial charge is 0.491 e. The maximum atomic E-state index is 10.1. The molecule has 2 aromatic rings. The molecule has 0 aliphatic heterocycles. The van der Waals surface area contributed by atoms with Gasteiger partial charge in [0.2, 0.25) is 0 Å². The van der Waals surface area contributed by atoms with Gasteiger partial charge in [-0.05, 0) is 43.2 Å². The molecule has 128 valence electrons. The first-order chi connectivity index (χ1) is 12.0. The molecule has 0 saturated heterocycles. The van der Waals surface area contributed by atoms with Crippen molar-refractivity contribution in [3.05, 3.63) is 52.7 Å². The van der Waals surface area contributed by atoms with Gasteiger partial charge in [0.25, 0.3) is 0 Å². The molecule has 0 aliphatic carbocycles. The lowest BCUT2D eigenvalue weighted by Gasteiger charge is -2.13. The molecular weight excluding hydrogens is 334 g/mol. The first kappa shape index (κ1) is 18.8. The molecule has 1 N–H and O–H groups in total. The average Bonchev–Trinajstić information content (AvgIpc) is 2.59. The highest BCUT2D eigenvalue weighted by atomic mass is 32.2. The summed E-state index contributed by atoms with van der Waals surface area (Å²) in [6.07, 6.45) is -0.318. The van der Waals surface area contributed by atoms with Crippen LogP contribution in [-0.4, -0.2) is 28.6 Å². The number of aliphatic hydroxyl groups excluding tert-OH is 1. The summed E-state index contributed by atoms with van der Waals surface area (Å²) < 4.78 is 5.56. The molecule has 1 aromatic heterocycles. The van der Waals surface area contributed by atoms with E-state index in [4.69, 9.17) is 10.00 Å². The van der Waals surface area contributed by atoms with Crippen LogP contribution in [0.5, 0.6) is 5.75 Å². The maximum absolute atomic E-state index is 10.1. The van der Waals surface area contributed by atoms with E-state index in [1.165, 1.54) is 11.8 Å². The summed E-state index contributed by atoms with van der Waals surface area (Å²) in [6.45, 7) is 3.91. The Morgan fingerprint density at radius 3 is 2.60 bits per heavy atom. The maximum Gasteiger partial charge on any atom is 0.119 e. The van der Waals surface area contributed by atoms with Crippen molar-refractivity contribution in [2.45, 2.75) is 31.4 Å². The normalized spacial score (nSPS) is 11.4. The standard InChI is InChI=1S/C19H19N3O2S/c1-13-9-14(2)22-19(18(13)10-21)25-12-16(23)11-24-17-5-3-15(4-6-17)7-8-20/h3-6,9,16,23H,7,11-12H2,1-2H3. The fraction of sp³-hybridized carbons (Fsp3) is 0.316. The number of hydrogen-bond donors (Lipinski definition) is 1. The van der Waals surface area contributed by atoms with Crippen LogP contribution in [0.2, 0.25) is 0 Å². The van der Waals surface area contributed by atoms with Crippen molar-refractivity contribution in [2.75, 3.05) is 12.4 Å². The molecule has 25 heavy (non-hydrogen) atoms. The van der Waals surface area contributed by atoms with Gasteiger partial charge < -0.3 is 9.84 Å². The second-order valence-electron chi connectivity index (χ2n) is 5.63. The number of pyridine rings is 1. The van der Waals surface area contributed by atoms with E-state index >= 15 is 0 Å². The Labute approximate surface area is 151 Å². The second-order valence-corrected chi connectivity index (χ2v) is 6.64. The molecule has 1 heterocycles. The number of nitriles is 2. The molecule has 1 atom stereocenters. The minimum atomic E-state index is -0.682. The first-order valence-electron chi connectivity index (χ1n) is 7.81. The fourth-order valence-corrected chi connectivity index (χ4v) is 3.26. The molecule has 5 nitrogen and oxygen atoms in total. The zero-order valence-electron chi connectivity index (χ0n) is 14.2. The van der Waals surface area contributed by atoms with Crippen molar-refractivity contribution in [1.82, 2.24) is 4.98 Å². The Kier molecular flexibility index (Phi) is 6.82. The monoisotopic (exact) mass is 353 g/mol. The van der Waals surface area contributed by atoms with Crippen LogP contribution in [0.15, 0.2) is 35.4 Å². The topological polar surface area (TPSA) is 89.9 Å². The van der Waals surface area contributed by atoms with Crippen molar-refractivity contribution in [1.29, 1.82) is 10.5 Å². The highest BCUT2D eigenvalue weighted by Crippen LogP contribution is 2.24. The smallest absolute Gasteiger partial charge is 0.119 e. The van der Waals surface area contributed by atoms with E-state index in [9.17, 15) is 10.4 Å². The second kappa shape index (κ2) is 9.08. The van der Waals surface area contributed by atoms with Gasteiger partial charge in [0.05, 0.1) is 24.2 Å². The van der Waals surface area contributed by atoms with Crippen LogP contribution >= 0.6 is 11.8 Å². The van der Waals surface area contributed by atoms with Crippen molar-refractivity contribution >= 4 is 11.8 Å². The summed E-state index contributed by atoms with van der Waals surface area (Å²) in [7, 11) is 0. The minimum Gasteiger partial charge on any atom is -0.491 e. The van der Waals surface area contributed by atoms with Crippen LogP contribution in [0.3, 0.4) is 0 Å². The Morgan fingerprint density at radius 1 is 1.24 bits per heavy atom. The van der Waals surface area contributed by atoms with E-state index < -0.39 is 6.10 Å². The molecule has 1 aromatic carbocycles. The van der Waals surface area contributed by atoms with Crippen molar-refractivity contribution in [2.24, 2.45) is 0 Å². The molecule has 0 amide bonds. The molecule has 1 unspecified atom stereocenters. The zero-order valence-corrected chi connectivity index (χ0v) is 15.0. The predicted molar refractivity (Wildman–Crippen MR) is 96.4 cm³/mol. The van der Waals surface area contributed by atoms with Crippen LogP contribution in [-0.2, 0) is 6.42 Å². The van der Waals surface area contributed by atoms with Gasteiger partial charge in [0.1, 0.15) is 23.5 Å². The van der Waals surface area contributed by atoms with Gasteiger partial charge in [0.15, 0.2) is 0 Å². The number of ether oxygens (including phenoxy) is 1. The third kappa shape index (κ3) is 5.49. The Morgan fingerprint density at radius 2 is 1.96 bits per heavy atom. The SMILES string of the molecule is Cc1cc(C)c(C#N)c(SCC(O)COc2ccc(CC#N)cc2)n1. The number of nitrogens with zero attached hydrogens (tertiary/aromatic N) is 3. The highest BCUT2D eigenvalue weighted by molar-refractivity contribution is 7.99. The van der Waals surface area contributed by atoms with Crippen LogP contribution in [0.4, 0.5) is 0 Å². The molecule has 0 bridgehead atoms. The van der Waals surface area contributed by atoms with Crippen molar-refractivity contribution in [3.8, 4) is 17.9 Å². The lowest BCUT2D eigenvalue weighted by molar-refractivity contribution is 0.126. The molecule has 2 rings (SSSR count). The number of aliphatic hydroxyl groups is 1. The van der Waals surface area contributed by atoms with Gasteiger partial charge in [-0.3, -0.25) is 0 Å². The van der Waals surface area contributed by atoms with Gasteiger partial charge in [0, 0.05) is 11.4 Å². The van der Waals surface area contributed by atoms with Gasteiger partial charge in [-0.1, -0.05) is 12.1 Å². The van der Waals surface area contributed by atoms with E-state index in [1.807, 2.05) is 32.0 Å². The van der Waals surface area contributed by atoms with Crippen LogP contribution in [0.25, 0.3) is 0 Å². The summed E-state index contributed by atoms with van der Waals surface area (Å²) in [5.74, 6) is 1.03. The van der Waals surface area contributed by atoms with Crippen LogP contribution < -0.4 is 4.74 Å². The Hall–Kier alpha value is -2.54. The molecule has 0 radical (unpaired) electrons. The molecule has 0 aliphatic rings. The average molecular weight is 353 g/mol. The first-order valence-corrected chi connectivity index (χ1v) is 8.80. The summed E-state index contributed by atoms with van der Waals surface area (Å²) in [5.41, 5.74) is 3.22.